The van der Waals surface area contributed by atoms with Crippen molar-refractivity contribution in [3.8, 4) is 0 Å². The second-order valence-electron chi connectivity index (χ2n) is 7.62. The maximum Gasteiger partial charge on any atom is 0.235 e. The molecule has 1 saturated heterocycles. The van der Waals surface area contributed by atoms with Crippen molar-refractivity contribution in [2.75, 3.05) is 17.8 Å². The van der Waals surface area contributed by atoms with Gasteiger partial charge in [0.05, 0.1) is 5.25 Å². The molecule has 2 atom stereocenters. The highest BCUT2D eigenvalue weighted by atomic mass is 35.5. The summed E-state index contributed by atoms with van der Waals surface area (Å²) in [5, 5.41) is 3.12. The highest BCUT2D eigenvalue weighted by Crippen LogP contribution is 2.71. The third kappa shape index (κ3) is 2.30. The lowest BCUT2D eigenvalue weighted by molar-refractivity contribution is 0.439. The fourth-order valence-electron chi connectivity index (χ4n) is 4.91. The Morgan fingerprint density at radius 1 is 1.12 bits per heavy atom. The predicted octanol–water partition coefficient (Wildman–Crippen LogP) is 2.65. The third-order valence-corrected chi connectivity index (χ3v) is 8.11. The average molecular weight is 373 g/mol. The van der Waals surface area contributed by atoms with Crippen LogP contribution in [0.2, 0.25) is 0 Å². The molecule has 3 saturated carbocycles. The summed E-state index contributed by atoms with van der Waals surface area (Å²) in [5.74, 6) is 1.42. The van der Waals surface area contributed by atoms with E-state index in [4.69, 9.17) is 0 Å². The van der Waals surface area contributed by atoms with E-state index in [2.05, 4.69) is 10.0 Å². The van der Waals surface area contributed by atoms with Gasteiger partial charge >= 0.3 is 0 Å². The fraction of sp³-hybridized carbons (Fsp3) is 0.647. The zero-order valence-electron chi connectivity index (χ0n) is 13.3. The van der Waals surface area contributed by atoms with Crippen molar-refractivity contribution in [3.05, 3.63) is 29.6 Å². The van der Waals surface area contributed by atoms with E-state index >= 15 is 0 Å². The zero-order chi connectivity index (χ0) is 15.8. The normalized spacial score (nSPS) is 34.4. The van der Waals surface area contributed by atoms with Crippen LogP contribution in [0.4, 0.5) is 10.1 Å². The quantitative estimate of drug-likeness (QED) is 0.835. The van der Waals surface area contributed by atoms with Gasteiger partial charge in [-0.1, -0.05) is 0 Å². The van der Waals surface area contributed by atoms with Crippen LogP contribution in [0.5, 0.6) is 0 Å². The minimum absolute atomic E-state index is 0. The number of rotatable bonds is 5. The first-order valence-corrected chi connectivity index (χ1v) is 10.1. The first kappa shape index (κ1) is 16.6. The minimum Gasteiger partial charge on any atom is -0.316 e. The highest BCUT2D eigenvalue weighted by Gasteiger charge is 2.72. The van der Waals surface area contributed by atoms with E-state index in [9.17, 15) is 12.8 Å². The molecule has 1 aromatic carbocycles. The van der Waals surface area contributed by atoms with Crippen LogP contribution in [0.25, 0.3) is 0 Å². The number of hydrogen-bond acceptors (Lipinski definition) is 3. The van der Waals surface area contributed by atoms with Gasteiger partial charge in [0.1, 0.15) is 5.82 Å². The second-order valence-corrected chi connectivity index (χ2v) is 9.58. The van der Waals surface area contributed by atoms with Crippen LogP contribution in [0.3, 0.4) is 0 Å². The molecule has 0 bridgehead atoms. The Hall–Kier alpha value is -0.850. The zero-order valence-corrected chi connectivity index (χ0v) is 14.9. The predicted molar refractivity (Wildman–Crippen MR) is 93.5 cm³/mol. The molecule has 2 N–H and O–H groups in total. The Labute approximate surface area is 148 Å². The second kappa shape index (κ2) is 5.32. The van der Waals surface area contributed by atoms with E-state index in [1.54, 1.807) is 12.1 Å². The molecule has 7 heteroatoms. The molecular formula is C17H22ClFN2O2S. The van der Waals surface area contributed by atoms with E-state index in [1.807, 2.05) is 0 Å². The van der Waals surface area contributed by atoms with E-state index in [0.29, 0.717) is 23.4 Å². The van der Waals surface area contributed by atoms with Crippen LogP contribution < -0.4 is 10.0 Å². The summed E-state index contributed by atoms with van der Waals surface area (Å²) in [6.45, 7) is 1.91. The van der Waals surface area contributed by atoms with Crippen LogP contribution in [-0.2, 0) is 15.4 Å². The largest absolute Gasteiger partial charge is 0.316 e. The van der Waals surface area contributed by atoms with Crippen LogP contribution in [0.1, 0.15) is 31.2 Å². The van der Waals surface area contributed by atoms with Crippen molar-refractivity contribution in [1.29, 1.82) is 0 Å². The number of nitrogens with one attached hydrogen (secondary N) is 2. The molecule has 0 radical (unpaired) electrons. The molecule has 2 unspecified atom stereocenters. The number of halogens is 2. The average Bonchev–Trinajstić information content (AvgIpc) is 3.38. The van der Waals surface area contributed by atoms with Gasteiger partial charge in [-0.25, -0.2) is 12.8 Å². The van der Waals surface area contributed by atoms with Crippen molar-refractivity contribution >= 4 is 28.1 Å². The van der Waals surface area contributed by atoms with Gasteiger partial charge in [-0.05, 0) is 80.3 Å². The molecule has 24 heavy (non-hydrogen) atoms. The molecule has 3 aliphatic carbocycles. The van der Waals surface area contributed by atoms with Crippen molar-refractivity contribution in [3.63, 3.8) is 0 Å². The molecule has 1 heterocycles. The van der Waals surface area contributed by atoms with Crippen molar-refractivity contribution < 1.29 is 12.8 Å². The standard InChI is InChI=1S/C17H21FN2O2S.ClH/c18-16-6-3-11(20-23(21,22)12-4-5-12)7-13(16)17(10-1-2-10)14-8-19-9-15(14)17;/h3,6-7,10,12,14-15,19-20H,1-2,4-5,8-9H2;1H. The fourth-order valence-corrected chi connectivity index (χ4v) is 6.29. The van der Waals surface area contributed by atoms with Crippen molar-refractivity contribution in [1.82, 2.24) is 5.32 Å². The third-order valence-electron chi connectivity index (χ3n) is 6.24. The van der Waals surface area contributed by atoms with Crippen LogP contribution in [-0.4, -0.2) is 26.8 Å². The molecule has 4 fully saturated rings. The molecular weight excluding hydrogens is 351 g/mol. The van der Waals surface area contributed by atoms with Gasteiger partial charge < -0.3 is 5.32 Å². The van der Waals surface area contributed by atoms with E-state index in [1.165, 1.54) is 18.9 Å². The maximum absolute atomic E-state index is 14.6. The van der Waals surface area contributed by atoms with Crippen molar-refractivity contribution in [2.45, 2.75) is 36.3 Å². The van der Waals surface area contributed by atoms with Gasteiger partial charge in [0, 0.05) is 11.1 Å². The van der Waals surface area contributed by atoms with E-state index < -0.39 is 10.0 Å². The van der Waals surface area contributed by atoms with Crippen LogP contribution in [0.15, 0.2) is 18.2 Å². The van der Waals surface area contributed by atoms with E-state index in [0.717, 1.165) is 31.5 Å². The summed E-state index contributed by atoms with van der Waals surface area (Å²) in [6, 6.07) is 4.76. The van der Waals surface area contributed by atoms with Gasteiger partial charge in [-0.3, -0.25) is 4.72 Å². The summed E-state index contributed by atoms with van der Waals surface area (Å²) in [4.78, 5) is 0. The molecule has 1 aliphatic heterocycles. The maximum atomic E-state index is 14.6. The SMILES string of the molecule is Cl.O=S(=O)(Nc1ccc(F)c(C2(C3CC3)C3CNCC32)c1)C1CC1. The Bertz CT molecular complexity index is 767. The van der Waals surface area contributed by atoms with Gasteiger partial charge in [0.15, 0.2) is 0 Å². The minimum atomic E-state index is -3.30. The van der Waals surface area contributed by atoms with Crippen LogP contribution >= 0.6 is 12.4 Å². The molecule has 4 aliphatic rings. The van der Waals surface area contributed by atoms with Crippen molar-refractivity contribution in [2.24, 2.45) is 17.8 Å². The van der Waals surface area contributed by atoms with Gasteiger partial charge in [-0.15, -0.1) is 12.4 Å². The first-order valence-electron chi connectivity index (χ1n) is 8.56. The summed E-state index contributed by atoms with van der Waals surface area (Å²) in [7, 11) is -3.30. The molecule has 4 nitrogen and oxygen atoms in total. The number of piperidine rings is 1. The number of fused-ring (bicyclic) bond motifs is 1. The van der Waals surface area contributed by atoms with E-state index in [-0.39, 0.29) is 28.9 Å². The lowest BCUT2D eigenvalue weighted by Gasteiger charge is -2.23. The van der Waals surface area contributed by atoms with Gasteiger partial charge in [0.25, 0.3) is 0 Å². The summed E-state index contributed by atoms with van der Waals surface area (Å²) >= 11 is 0. The molecule has 132 valence electrons. The Kier molecular flexibility index (Phi) is 3.68. The smallest absolute Gasteiger partial charge is 0.235 e. The first-order chi connectivity index (χ1) is 11.0. The highest BCUT2D eigenvalue weighted by molar-refractivity contribution is 7.93. The Balaban J connectivity index is 0.00000146. The lowest BCUT2D eigenvalue weighted by atomic mass is 9.85. The van der Waals surface area contributed by atoms with Gasteiger partial charge in [0.2, 0.25) is 10.0 Å². The molecule has 5 rings (SSSR count). The topological polar surface area (TPSA) is 58.2 Å². The van der Waals surface area contributed by atoms with Crippen LogP contribution in [0, 0.1) is 23.6 Å². The monoisotopic (exact) mass is 372 g/mol. The number of hydrogen-bond donors (Lipinski definition) is 2. The number of anilines is 1. The molecule has 0 amide bonds. The summed E-state index contributed by atoms with van der Waals surface area (Å²) < 4.78 is 41.6. The molecule has 0 spiro atoms. The number of benzene rings is 1. The summed E-state index contributed by atoms with van der Waals surface area (Å²) in [5.41, 5.74) is 1.22. The van der Waals surface area contributed by atoms with Gasteiger partial charge in [-0.2, -0.15) is 0 Å². The lowest BCUT2D eigenvalue weighted by Crippen LogP contribution is -2.28. The molecule has 1 aromatic rings. The summed E-state index contributed by atoms with van der Waals surface area (Å²) in [6.07, 6.45) is 3.80. The number of sulfonamides is 1. The Morgan fingerprint density at radius 3 is 2.38 bits per heavy atom. The molecule has 0 aromatic heterocycles. The Morgan fingerprint density at radius 2 is 1.79 bits per heavy atom.